The first-order chi connectivity index (χ1) is 7.57. The van der Waals surface area contributed by atoms with Crippen LogP contribution in [0.2, 0.25) is 0 Å². The van der Waals surface area contributed by atoms with Crippen LogP contribution in [0.15, 0.2) is 24.3 Å². The van der Waals surface area contributed by atoms with Gasteiger partial charge in [0.1, 0.15) is 0 Å². The first-order valence-corrected chi connectivity index (χ1v) is 5.36. The molecule has 1 aromatic rings. The molecule has 2 rings (SSSR count). The number of benzene rings is 1. The number of hydrogen-bond donors (Lipinski definition) is 0. The molecule has 1 aromatic carbocycles. The average Bonchev–Trinajstić information content (AvgIpc) is 2.29. The van der Waals surface area contributed by atoms with E-state index in [0.29, 0.717) is 6.61 Å². The molecule has 0 bridgehead atoms. The van der Waals surface area contributed by atoms with Crippen molar-refractivity contribution in [3.05, 3.63) is 35.4 Å². The molecule has 0 aliphatic carbocycles. The highest BCUT2D eigenvalue weighted by Crippen LogP contribution is 2.32. The number of halogens is 3. The first-order valence-electron chi connectivity index (χ1n) is 5.36. The van der Waals surface area contributed by atoms with Crippen molar-refractivity contribution in [2.45, 2.75) is 31.5 Å². The summed E-state index contributed by atoms with van der Waals surface area (Å²) in [5.41, 5.74) is 0.236. The van der Waals surface area contributed by atoms with Crippen LogP contribution in [0.3, 0.4) is 0 Å². The molecule has 1 heterocycles. The second-order valence-corrected chi connectivity index (χ2v) is 3.97. The Balaban J connectivity index is 2.12. The highest BCUT2D eigenvalue weighted by Gasteiger charge is 2.30. The molecule has 1 fully saturated rings. The van der Waals surface area contributed by atoms with Crippen LogP contribution in [-0.2, 0) is 10.9 Å². The lowest BCUT2D eigenvalue weighted by Gasteiger charge is -2.23. The SMILES string of the molecule is FC(F)(F)c1ccc([C@@H]2CCCCO2)cc1. The van der Waals surface area contributed by atoms with Crippen molar-refractivity contribution < 1.29 is 17.9 Å². The molecule has 88 valence electrons. The lowest BCUT2D eigenvalue weighted by molar-refractivity contribution is -0.137. The Bertz CT molecular complexity index is 336. The van der Waals surface area contributed by atoms with Crippen LogP contribution < -0.4 is 0 Å². The predicted molar refractivity (Wildman–Crippen MR) is 54.0 cm³/mol. The average molecular weight is 230 g/mol. The summed E-state index contributed by atoms with van der Waals surface area (Å²) in [6.07, 6.45) is -1.28. The molecule has 1 aliphatic rings. The van der Waals surface area contributed by atoms with Crippen LogP contribution in [0.1, 0.15) is 36.5 Å². The van der Waals surface area contributed by atoms with Gasteiger partial charge in [0.25, 0.3) is 0 Å². The van der Waals surface area contributed by atoms with E-state index >= 15 is 0 Å². The summed E-state index contributed by atoms with van der Waals surface area (Å²) >= 11 is 0. The second kappa shape index (κ2) is 4.45. The van der Waals surface area contributed by atoms with E-state index in [1.54, 1.807) is 0 Å². The van der Waals surface area contributed by atoms with Gasteiger partial charge in [-0.1, -0.05) is 12.1 Å². The zero-order valence-corrected chi connectivity index (χ0v) is 8.76. The van der Waals surface area contributed by atoms with Gasteiger partial charge in [-0.25, -0.2) is 0 Å². The summed E-state index contributed by atoms with van der Waals surface area (Å²) < 4.78 is 42.5. The summed E-state index contributed by atoms with van der Waals surface area (Å²) in [7, 11) is 0. The summed E-state index contributed by atoms with van der Waals surface area (Å²) in [5, 5.41) is 0. The summed E-state index contributed by atoms with van der Waals surface area (Å²) in [6, 6.07) is 5.26. The third-order valence-electron chi connectivity index (χ3n) is 2.79. The quantitative estimate of drug-likeness (QED) is 0.709. The molecular weight excluding hydrogens is 217 g/mol. The number of rotatable bonds is 1. The van der Waals surface area contributed by atoms with Crippen LogP contribution in [0, 0.1) is 0 Å². The molecular formula is C12H13F3O. The van der Waals surface area contributed by atoms with Crippen molar-refractivity contribution >= 4 is 0 Å². The Morgan fingerprint density at radius 3 is 2.25 bits per heavy atom. The molecule has 1 atom stereocenters. The van der Waals surface area contributed by atoms with Crippen LogP contribution >= 0.6 is 0 Å². The lowest BCUT2D eigenvalue weighted by atomic mass is 10.0. The lowest BCUT2D eigenvalue weighted by Crippen LogP contribution is -2.12. The largest absolute Gasteiger partial charge is 0.416 e. The minimum Gasteiger partial charge on any atom is -0.374 e. The van der Waals surface area contributed by atoms with Gasteiger partial charge in [-0.15, -0.1) is 0 Å². The number of ether oxygens (including phenoxy) is 1. The zero-order valence-electron chi connectivity index (χ0n) is 8.76. The molecule has 0 aromatic heterocycles. The highest BCUT2D eigenvalue weighted by atomic mass is 19.4. The van der Waals surface area contributed by atoms with Gasteiger partial charge >= 0.3 is 6.18 Å². The van der Waals surface area contributed by atoms with E-state index in [1.807, 2.05) is 0 Å². The Labute approximate surface area is 92.2 Å². The standard InChI is InChI=1S/C12H13F3O/c13-12(14,15)10-6-4-9(5-7-10)11-3-1-2-8-16-11/h4-7,11H,1-3,8H2/t11-/m0/s1. The highest BCUT2D eigenvalue weighted by molar-refractivity contribution is 5.26. The maximum atomic E-state index is 12.3. The van der Waals surface area contributed by atoms with Crippen molar-refractivity contribution in [2.24, 2.45) is 0 Å². The third-order valence-corrected chi connectivity index (χ3v) is 2.79. The molecule has 0 saturated carbocycles. The van der Waals surface area contributed by atoms with Gasteiger partial charge in [0.2, 0.25) is 0 Å². The maximum Gasteiger partial charge on any atom is 0.416 e. The zero-order chi connectivity index (χ0) is 11.6. The molecule has 0 amide bonds. The fourth-order valence-electron chi connectivity index (χ4n) is 1.89. The number of hydrogen-bond acceptors (Lipinski definition) is 1. The van der Waals surface area contributed by atoms with E-state index in [2.05, 4.69) is 0 Å². The van der Waals surface area contributed by atoms with Crippen molar-refractivity contribution in [2.75, 3.05) is 6.61 Å². The summed E-state index contributed by atoms with van der Waals surface area (Å²) in [4.78, 5) is 0. The Hall–Kier alpha value is -1.03. The second-order valence-electron chi connectivity index (χ2n) is 3.97. The van der Waals surface area contributed by atoms with Crippen LogP contribution in [0.25, 0.3) is 0 Å². The minimum atomic E-state index is -4.26. The molecule has 1 nitrogen and oxygen atoms in total. The summed E-state index contributed by atoms with van der Waals surface area (Å²) in [6.45, 7) is 0.700. The normalized spacial score (nSPS) is 22.1. The fourth-order valence-corrected chi connectivity index (χ4v) is 1.89. The van der Waals surface area contributed by atoms with Gasteiger partial charge in [0.15, 0.2) is 0 Å². The van der Waals surface area contributed by atoms with E-state index < -0.39 is 11.7 Å². The molecule has 0 N–H and O–H groups in total. The summed E-state index contributed by atoms with van der Waals surface area (Å²) in [5.74, 6) is 0. The topological polar surface area (TPSA) is 9.23 Å². The van der Waals surface area contributed by atoms with E-state index in [1.165, 1.54) is 12.1 Å². The molecule has 16 heavy (non-hydrogen) atoms. The van der Waals surface area contributed by atoms with E-state index in [4.69, 9.17) is 4.74 Å². The fraction of sp³-hybridized carbons (Fsp3) is 0.500. The minimum absolute atomic E-state index is 0.0315. The Morgan fingerprint density at radius 1 is 1.06 bits per heavy atom. The molecule has 1 saturated heterocycles. The predicted octanol–water partition coefficient (Wildman–Crippen LogP) is 3.95. The van der Waals surface area contributed by atoms with Gasteiger partial charge < -0.3 is 4.74 Å². The van der Waals surface area contributed by atoms with Crippen molar-refractivity contribution in [1.29, 1.82) is 0 Å². The third kappa shape index (κ3) is 2.55. The van der Waals surface area contributed by atoms with Crippen LogP contribution in [0.4, 0.5) is 13.2 Å². The molecule has 0 unspecified atom stereocenters. The monoisotopic (exact) mass is 230 g/mol. The van der Waals surface area contributed by atoms with Crippen molar-refractivity contribution in [3.63, 3.8) is 0 Å². The van der Waals surface area contributed by atoms with Crippen molar-refractivity contribution in [3.8, 4) is 0 Å². The van der Waals surface area contributed by atoms with Crippen LogP contribution in [-0.4, -0.2) is 6.61 Å². The molecule has 0 spiro atoms. The Kier molecular flexibility index (Phi) is 3.19. The van der Waals surface area contributed by atoms with Crippen molar-refractivity contribution in [1.82, 2.24) is 0 Å². The van der Waals surface area contributed by atoms with E-state index in [0.717, 1.165) is 37.0 Å². The number of alkyl halides is 3. The van der Waals surface area contributed by atoms with Gasteiger partial charge in [-0.2, -0.15) is 13.2 Å². The Morgan fingerprint density at radius 2 is 1.75 bits per heavy atom. The molecule has 0 radical (unpaired) electrons. The smallest absolute Gasteiger partial charge is 0.374 e. The van der Waals surface area contributed by atoms with E-state index in [9.17, 15) is 13.2 Å². The van der Waals surface area contributed by atoms with Gasteiger partial charge in [0.05, 0.1) is 11.7 Å². The van der Waals surface area contributed by atoms with Gasteiger partial charge in [-0.3, -0.25) is 0 Å². The van der Waals surface area contributed by atoms with Crippen LogP contribution in [0.5, 0.6) is 0 Å². The van der Waals surface area contributed by atoms with Gasteiger partial charge in [-0.05, 0) is 37.0 Å². The van der Waals surface area contributed by atoms with E-state index in [-0.39, 0.29) is 6.10 Å². The molecule has 4 heteroatoms. The molecule has 1 aliphatic heterocycles. The maximum absolute atomic E-state index is 12.3. The van der Waals surface area contributed by atoms with Gasteiger partial charge in [0, 0.05) is 6.61 Å². The first kappa shape index (κ1) is 11.5.